The van der Waals surface area contributed by atoms with E-state index in [9.17, 15) is 9.59 Å². The first-order chi connectivity index (χ1) is 22.1. The van der Waals surface area contributed by atoms with Crippen molar-refractivity contribution in [1.29, 1.82) is 0 Å². The number of methoxy groups -OCH3 is 1. The minimum absolute atomic E-state index is 0.128. The van der Waals surface area contributed by atoms with E-state index in [0.29, 0.717) is 39.4 Å². The number of nitrogens with zero attached hydrogens (tertiary/aromatic N) is 4. The fourth-order valence-corrected chi connectivity index (χ4v) is 8.01. The van der Waals surface area contributed by atoms with Crippen LogP contribution >= 0.6 is 33.9 Å². The van der Waals surface area contributed by atoms with Gasteiger partial charge in [-0.1, -0.05) is 47.7 Å². The minimum Gasteiger partial charge on any atom is -0.496 e. The number of aromatic nitrogens is 2. The standard InChI is InChI=1S/C37H37IN4O3S/c1-8-40(9-2)36(44)32-23(5)39-37-42(34(32)33-28-13-11-10-12-25(28)15-17-30(33)45-7)35(43)31(46-37)19-26-18-22(4)41(24(26)6)27-16-14-21(3)29(38)20-27/h10-20,34H,8-9H2,1-7H3/b31-19+/t34-/m0/s1. The summed E-state index contributed by atoms with van der Waals surface area (Å²) in [5, 5.41) is 1.93. The number of ether oxygens (including phenoxy) is 1. The van der Waals surface area contributed by atoms with Crippen LogP contribution in [0.5, 0.6) is 5.75 Å². The molecule has 3 heterocycles. The van der Waals surface area contributed by atoms with Gasteiger partial charge in [-0.3, -0.25) is 14.2 Å². The number of benzene rings is 3. The van der Waals surface area contributed by atoms with Crippen molar-refractivity contribution in [3.8, 4) is 11.4 Å². The molecule has 6 rings (SSSR count). The molecule has 0 bridgehead atoms. The average Bonchev–Trinajstić information content (AvgIpc) is 3.50. The zero-order valence-electron chi connectivity index (χ0n) is 27.1. The van der Waals surface area contributed by atoms with Crippen molar-refractivity contribution in [3.05, 3.63) is 123 Å². The van der Waals surface area contributed by atoms with Crippen LogP contribution in [0.15, 0.2) is 81.7 Å². The molecule has 0 saturated heterocycles. The van der Waals surface area contributed by atoms with Gasteiger partial charge >= 0.3 is 0 Å². The second kappa shape index (κ2) is 12.7. The number of rotatable bonds is 7. The molecule has 46 heavy (non-hydrogen) atoms. The summed E-state index contributed by atoms with van der Waals surface area (Å²) in [5.41, 5.74) is 7.11. The molecule has 1 aliphatic heterocycles. The Morgan fingerprint density at radius 1 is 1.04 bits per heavy atom. The predicted octanol–water partition coefficient (Wildman–Crippen LogP) is 6.59. The fourth-order valence-electron chi connectivity index (χ4n) is 6.48. The topological polar surface area (TPSA) is 68.8 Å². The van der Waals surface area contributed by atoms with Crippen LogP contribution in [0.4, 0.5) is 0 Å². The zero-order valence-corrected chi connectivity index (χ0v) is 30.1. The molecule has 7 nitrogen and oxygen atoms in total. The first-order valence-electron chi connectivity index (χ1n) is 15.4. The van der Waals surface area contributed by atoms with Gasteiger partial charge < -0.3 is 14.2 Å². The summed E-state index contributed by atoms with van der Waals surface area (Å²) < 4.78 is 11.6. The Kier molecular flexibility index (Phi) is 8.82. The summed E-state index contributed by atoms with van der Waals surface area (Å²) in [6.45, 7) is 13.2. The van der Waals surface area contributed by atoms with Crippen LogP contribution in [-0.2, 0) is 4.79 Å². The van der Waals surface area contributed by atoms with E-state index in [4.69, 9.17) is 9.73 Å². The minimum atomic E-state index is -0.713. The van der Waals surface area contributed by atoms with E-state index in [0.717, 1.165) is 39.0 Å². The molecule has 0 fully saturated rings. The molecule has 2 aromatic heterocycles. The average molecular weight is 745 g/mol. The Morgan fingerprint density at radius 3 is 2.48 bits per heavy atom. The third kappa shape index (κ3) is 5.33. The van der Waals surface area contributed by atoms with E-state index in [-0.39, 0.29) is 11.5 Å². The largest absolute Gasteiger partial charge is 0.496 e. The number of allylic oxidation sites excluding steroid dienone is 1. The summed E-state index contributed by atoms with van der Waals surface area (Å²) in [4.78, 5) is 36.0. The summed E-state index contributed by atoms with van der Waals surface area (Å²) in [7, 11) is 1.63. The Labute approximate surface area is 286 Å². The van der Waals surface area contributed by atoms with Crippen molar-refractivity contribution in [3.63, 3.8) is 0 Å². The predicted molar refractivity (Wildman–Crippen MR) is 195 cm³/mol. The van der Waals surface area contributed by atoms with Crippen molar-refractivity contribution in [2.75, 3.05) is 20.2 Å². The Balaban J connectivity index is 1.61. The van der Waals surface area contributed by atoms with Crippen molar-refractivity contribution in [2.45, 2.75) is 47.6 Å². The number of hydrogen-bond acceptors (Lipinski definition) is 5. The summed E-state index contributed by atoms with van der Waals surface area (Å²) in [6.07, 6.45) is 1.96. The van der Waals surface area contributed by atoms with Gasteiger partial charge in [0.2, 0.25) is 0 Å². The molecular weight excluding hydrogens is 707 g/mol. The normalized spacial score (nSPS) is 14.9. The number of aryl methyl sites for hydroxylation is 2. The summed E-state index contributed by atoms with van der Waals surface area (Å²) in [5.74, 6) is 0.492. The maximum Gasteiger partial charge on any atom is 0.271 e. The van der Waals surface area contributed by atoms with Gasteiger partial charge in [0, 0.05) is 39.3 Å². The lowest BCUT2D eigenvalue weighted by Gasteiger charge is -2.30. The highest BCUT2D eigenvalue weighted by Gasteiger charge is 2.36. The molecule has 0 radical (unpaired) electrons. The highest BCUT2D eigenvalue weighted by molar-refractivity contribution is 14.1. The van der Waals surface area contributed by atoms with Crippen molar-refractivity contribution in [2.24, 2.45) is 4.99 Å². The zero-order chi connectivity index (χ0) is 32.9. The van der Waals surface area contributed by atoms with Crippen LogP contribution in [-0.4, -0.2) is 40.1 Å². The molecule has 0 saturated carbocycles. The van der Waals surface area contributed by atoms with Crippen LogP contribution in [0.2, 0.25) is 0 Å². The van der Waals surface area contributed by atoms with E-state index in [1.54, 1.807) is 16.6 Å². The van der Waals surface area contributed by atoms with Crippen LogP contribution in [0.25, 0.3) is 22.5 Å². The first kappa shape index (κ1) is 32.0. The van der Waals surface area contributed by atoms with Crippen molar-refractivity contribution < 1.29 is 9.53 Å². The smallest absolute Gasteiger partial charge is 0.271 e. The van der Waals surface area contributed by atoms with Gasteiger partial charge in [0.15, 0.2) is 4.80 Å². The number of likely N-dealkylation sites (N-methyl/N-ethyl adjacent to an activating group) is 1. The van der Waals surface area contributed by atoms with E-state index in [2.05, 4.69) is 72.2 Å². The Morgan fingerprint density at radius 2 is 1.78 bits per heavy atom. The van der Waals surface area contributed by atoms with Crippen molar-refractivity contribution >= 4 is 56.7 Å². The SMILES string of the molecule is CCN(CC)C(=O)C1=C(C)N=c2s/c(=C/c3cc(C)n(-c4ccc(C)c(I)c4)c3C)c(=O)n2[C@@H]1c1c(OC)ccc2ccccc12. The van der Waals surface area contributed by atoms with Crippen LogP contribution in [0.3, 0.4) is 0 Å². The molecule has 9 heteroatoms. The lowest BCUT2D eigenvalue weighted by molar-refractivity contribution is -0.127. The van der Waals surface area contributed by atoms with Gasteiger partial charge in [-0.05, 0) is 116 Å². The molecule has 0 N–H and O–H groups in total. The monoisotopic (exact) mass is 744 g/mol. The lowest BCUT2D eigenvalue weighted by atomic mass is 9.90. The van der Waals surface area contributed by atoms with E-state index >= 15 is 0 Å². The molecule has 0 unspecified atom stereocenters. The second-order valence-electron chi connectivity index (χ2n) is 11.6. The number of thiazole rings is 1. The number of hydrogen-bond donors (Lipinski definition) is 0. The van der Waals surface area contributed by atoms with Gasteiger partial charge in [0.05, 0.1) is 22.9 Å². The maximum absolute atomic E-state index is 14.6. The number of halogens is 1. The third-order valence-corrected chi connectivity index (χ3v) is 11.0. The first-order valence-corrected chi connectivity index (χ1v) is 17.3. The Bertz CT molecular complexity index is 2240. The molecule has 236 valence electrons. The molecule has 0 spiro atoms. The summed E-state index contributed by atoms with van der Waals surface area (Å²) >= 11 is 3.72. The molecule has 5 aromatic rings. The quantitative estimate of drug-likeness (QED) is 0.177. The number of amides is 1. The van der Waals surface area contributed by atoms with Gasteiger partial charge in [0.25, 0.3) is 11.5 Å². The van der Waals surface area contributed by atoms with Crippen LogP contribution in [0.1, 0.15) is 54.9 Å². The third-order valence-electron chi connectivity index (χ3n) is 8.90. The van der Waals surface area contributed by atoms with Crippen LogP contribution in [0, 0.1) is 24.3 Å². The summed E-state index contributed by atoms with van der Waals surface area (Å²) in [6, 6.07) is 19.8. The Hall–Kier alpha value is -3.96. The second-order valence-corrected chi connectivity index (χ2v) is 13.7. The molecule has 1 aliphatic rings. The van der Waals surface area contributed by atoms with E-state index in [1.807, 2.05) is 63.2 Å². The van der Waals surface area contributed by atoms with Gasteiger partial charge in [-0.2, -0.15) is 0 Å². The maximum atomic E-state index is 14.6. The molecule has 1 atom stereocenters. The molecule has 0 aliphatic carbocycles. The van der Waals surface area contributed by atoms with Gasteiger partial charge in [-0.25, -0.2) is 4.99 Å². The van der Waals surface area contributed by atoms with Gasteiger partial charge in [0.1, 0.15) is 11.8 Å². The number of carbonyl (C=O) groups excluding carboxylic acids is 1. The number of carbonyl (C=O) groups is 1. The highest BCUT2D eigenvalue weighted by Crippen LogP contribution is 2.40. The molecule has 3 aromatic carbocycles. The number of fused-ring (bicyclic) bond motifs is 2. The van der Waals surface area contributed by atoms with Crippen LogP contribution < -0.4 is 19.6 Å². The fraction of sp³-hybridized carbons (Fsp3) is 0.270. The lowest BCUT2D eigenvalue weighted by Crippen LogP contribution is -2.43. The molecular formula is C37H37IN4O3S. The van der Waals surface area contributed by atoms with Crippen molar-refractivity contribution in [1.82, 2.24) is 14.0 Å². The van der Waals surface area contributed by atoms with Gasteiger partial charge in [-0.15, -0.1) is 0 Å². The highest BCUT2D eigenvalue weighted by atomic mass is 127. The van der Waals surface area contributed by atoms with E-state index < -0.39 is 6.04 Å². The molecule has 1 amide bonds. The van der Waals surface area contributed by atoms with E-state index in [1.165, 1.54) is 20.5 Å².